The zero-order valence-electron chi connectivity index (χ0n) is 27.6. The topological polar surface area (TPSA) is 21.3 Å². The molecule has 51 heavy (non-hydrogen) atoms. The van der Waals surface area contributed by atoms with Crippen LogP contribution in [-0.4, -0.2) is 4.57 Å². The minimum Gasteiger partial charge on any atom is -0.456 e. The van der Waals surface area contributed by atoms with Gasteiger partial charge in [0.15, 0.2) is 0 Å². The Morgan fingerprint density at radius 3 is 1.92 bits per heavy atom. The summed E-state index contributed by atoms with van der Waals surface area (Å²) in [4.78, 5) is 2.41. The van der Waals surface area contributed by atoms with E-state index in [4.69, 9.17) is 4.42 Å². The van der Waals surface area contributed by atoms with Crippen LogP contribution < -0.4 is 4.90 Å². The molecule has 0 spiro atoms. The molecule has 3 heteroatoms. The molecule has 2 heterocycles. The molecular formula is C48H30N2O. The number of nitrogens with zero attached hydrogens (tertiary/aromatic N) is 2. The van der Waals surface area contributed by atoms with Gasteiger partial charge in [0.25, 0.3) is 0 Å². The molecule has 9 aromatic carbocycles. The van der Waals surface area contributed by atoms with Crippen molar-refractivity contribution >= 4 is 93.1 Å². The maximum Gasteiger partial charge on any atom is 0.137 e. The Hall–Kier alpha value is -6.84. The molecule has 0 unspecified atom stereocenters. The molecule has 0 bridgehead atoms. The summed E-state index contributed by atoms with van der Waals surface area (Å²) in [6.45, 7) is 0. The minimum atomic E-state index is 0.874. The first-order valence-electron chi connectivity index (χ1n) is 17.4. The van der Waals surface area contributed by atoms with E-state index < -0.39 is 0 Å². The third-order valence-corrected chi connectivity index (χ3v) is 10.5. The number of hydrogen-bond acceptors (Lipinski definition) is 2. The number of rotatable bonds is 4. The van der Waals surface area contributed by atoms with E-state index in [-0.39, 0.29) is 0 Å². The Kier molecular flexibility index (Phi) is 5.96. The van der Waals surface area contributed by atoms with Crippen LogP contribution >= 0.6 is 0 Å². The normalized spacial score (nSPS) is 11.9. The summed E-state index contributed by atoms with van der Waals surface area (Å²) >= 11 is 0. The fourth-order valence-electron chi connectivity index (χ4n) is 8.29. The summed E-state index contributed by atoms with van der Waals surface area (Å²) in [5, 5.41) is 12.2. The van der Waals surface area contributed by atoms with Gasteiger partial charge >= 0.3 is 0 Å². The van der Waals surface area contributed by atoms with E-state index in [1.807, 2.05) is 6.07 Å². The van der Waals surface area contributed by atoms with Crippen LogP contribution in [0.2, 0.25) is 0 Å². The summed E-state index contributed by atoms with van der Waals surface area (Å²) in [6, 6.07) is 65.6. The molecule has 0 amide bonds. The Labute approximate surface area is 293 Å². The highest BCUT2D eigenvalue weighted by atomic mass is 16.3. The summed E-state index contributed by atoms with van der Waals surface area (Å²) in [5.41, 5.74) is 8.53. The van der Waals surface area contributed by atoms with Crippen LogP contribution in [0.3, 0.4) is 0 Å². The van der Waals surface area contributed by atoms with Crippen LogP contribution in [0.5, 0.6) is 0 Å². The van der Waals surface area contributed by atoms with E-state index >= 15 is 0 Å². The minimum absolute atomic E-state index is 0.874. The molecule has 0 aliphatic rings. The molecule has 0 aliphatic carbocycles. The summed E-state index contributed by atoms with van der Waals surface area (Å²) in [7, 11) is 0. The molecule has 11 rings (SSSR count). The van der Waals surface area contributed by atoms with E-state index in [1.165, 1.54) is 54.1 Å². The van der Waals surface area contributed by atoms with Crippen molar-refractivity contribution in [2.24, 2.45) is 0 Å². The van der Waals surface area contributed by atoms with E-state index in [9.17, 15) is 0 Å². The fraction of sp³-hybridized carbons (Fsp3) is 0. The van der Waals surface area contributed by atoms with Crippen molar-refractivity contribution in [3.8, 4) is 5.69 Å². The lowest BCUT2D eigenvalue weighted by molar-refractivity contribution is 0.669. The third kappa shape index (κ3) is 4.19. The average molecular weight is 651 g/mol. The van der Waals surface area contributed by atoms with Gasteiger partial charge in [-0.3, -0.25) is 0 Å². The number of furan rings is 1. The molecule has 2 aromatic heterocycles. The number of anilines is 3. The van der Waals surface area contributed by atoms with Gasteiger partial charge in [-0.2, -0.15) is 0 Å². The molecule has 11 aromatic rings. The van der Waals surface area contributed by atoms with E-state index in [1.54, 1.807) is 0 Å². The van der Waals surface area contributed by atoms with Crippen molar-refractivity contribution in [2.75, 3.05) is 4.90 Å². The zero-order valence-corrected chi connectivity index (χ0v) is 27.6. The Morgan fingerprint density at radius 1 is 0.373 bits per heavy atom. The van der Waals surface area contributed by atoms with Crippen molar-refractivity contribution in [1.82, 2.24) is 4.57 Å². The van der Waals surface area contributed by atoms with Gasteiger partial charge in [-0.25, -0.2) is 0 Å². The number of para-hydroxylation sites is 3. The average Bonchev–Trinajstić information content (AvgIpc) is 3.74. The summed E-state index contributed by atoms with van der Waals surface area (Å²) in [5.74, 6) is 0. The second kappa shape index (κ2) is 10.8. The molecule has 0 N–H and O–H groups in total. The van der Waals surface area contributed by atoms with Crippen LogP contribution in [0.4, 0.5) is 17.1 Å². The first-order valence-corrected chi connectivity index (χ1v) is 17.4. The Bertz CT molecular complexity index is 3150. The number of aromatic nitrogens is 1. The molecule has 0 fully saturated rings. The van der Waals surface area contributed by atoms with Gasteiger partial charge in [-0.15, -0.1) is 0 Å². The van der Waals surface area contributed by atoms with Gasteiger partial charge < -0.3 is 13.9 Å². The highest BCUT2D eigenvalue weighted by molar-refractivity contribution is 6.21. The standard InChI is InChI=1S/C48H30N2O/c1-2-12-34(13-3-1)50-42-17-8-6-15-39(42)41-30-36(26-28-43(41)50)49(44-18-10-20-46-48(44)40-16-7-9-19-45(40)51-46)35-25-27-38-33(29-35)24-23-32-22-21-31-11-4-5-14-37(31)47(32)38/h1-30H. The van der Waals surface area contributed by atoms with E-state index in [0.29, 0.717) is 0 Å². The van der Waals surface area contributed by atoms with Crippen molar-refractivity contribution in [1.29, 1.82) is 0 Å². The molecule has 0 atom stereocenters. The van der Waals surface area contributed by atoms with Crippen molar-refractivity contribution < 1.29 is 4.42 Å². The molecule has 0 saturated heterocycles. The first kappa shape index (κ1) is 28.0. The lowest BCUT2D eigenvalue weighted by Gasteiger charge is -2.27. The predicted molar refractivity (Wildman–Crippen MR) is 215 cm³/mol. The second-order valence-electron chi connectivity index (χ2n) is 13.3. The molecule has 0 radical (unpaired) electrons. The molecule has 0 aliphatic heterocycles. The van der Waals surface area contributed by atoms with Crippen LogP contribution in [-0.2, 0) is 0 Å². The SMILES string of the molecule is c1ccc(-n2c3ccccc3c3cc(N(c4ccc5c(ccc6ccc7ccccc7c65)c4)c4cccc5oc6ccccc6c45)ccc32)cc1. The largest absolute Gasteiger partial charge is 0.456 e. The van der Waals surface area contributed by atoms with E-state index in [0.717, 1.165) is 44.7 Å². The summed E-state index contributed by atoms with van der Waals surface area (Å²) in [6.07, 6.45) is 0. The number of hydrogen-bond donors (Lipinski definition) is 0. The van der Waals surface area contributed by atoms with Crippen molar-refractivity contribution in [2.45, 2.75) is 0 Å². The Balaban J connectivity index is 1.20. The second-order valence-corrected chi connectivity index (χ2v) is 13.3. The molecule has 0 saturated carbocycles. The van der Waals surface area contributed by atoms with E-state index in [2.05, 4.69) is 185 Å². The van der Waals surface area contributed by atoms with Gasteiger partial charge in [0.2, 0.25) is 0 Å². The summed E-state index contributed by atoms with van der Waals surface area (Å²) < 4.78 is 8.79. The quantitative estimate of drug-likeness (QED) is 0.177. The first-order chi connectivity index (χ1) is 25.3. The predicted octanol–water partition coefficient (Wildman–Crippen LogP) is 13.6. The van der Waals surface area contributed by atoms with Crippen LogP contribution in [0.25, 0.3) is 81.7 Å². The monoisotopic (exact) mass is 650 g/mol. The van der Waals surface area contributed by atoms with Crippen LogP contribution in [0, 0.1) is 0 Å². The number of benzene rings is 9. The van der Waals surface area contributed by atoms with Gasteiger partial charge in [-0.1, -0.05) is 115 Å². The molecular weight excluding hydrogens is 621 g/mol. The van der Waals surface area contributed by atoms with Gasteiger partial charge in [-0.05, 0) is 99.0 Å². The smallest absolute Gasteiger partial charge is 0.137 e. The zero-order chi connectivity index (χ0) is 33.5. The third-order valence-electron chi connectivity index (χ3n) is 10.5. The van der Waals surface area contributed by atoms with Crippen LogP contribution in [0.15, 0.2) is 186 Å². The Morgan fingerprint density at radius 2 is 1.02 bits per heavy atom. The maximum absolute atomic E-state index is 6.42. The lowest BCUT2D eigenvalue weighted by Crippen LogP contribution is -2.10. The number of fused-ring (bicyclic) bond motifs is 11. The molecule has 238 valence electrons. The van der Waals surface area contributed by atoms with Gasteiger partial charge in [0, 0.05) is 33.2 Å². The lowest BCUT2D eigenvalue weighted by atomic mass is 9.96. The maximum atomic E-state index is 6.42. The van der Waals surface area contributed by atoms with Crippen molar-refractivity contribution in [3.05, 3.63) is 182 Å². The van der Waals surface area contributed by atoms with Gasteiger partial charge in [0.1, 0.15) is 11.2 Å². The highest BCUT2D eigenvalue weighted by Crippen LogP contribution is 2.45. The van der Waals surface area contributed by atoms with Gasteiger partial charge in [0.05, 0.1) is 22.1 Å². The van der Waals surface area contributed by atoms with Crippen LogP contribution in [0.1, 0.15) is 0 Å². The van der Waals surface area contributed by atoms with Crippen molar-refractivity contribution in [3.63, 3.8) is 0 Å². The molecule has 3 nitrogen and oxygen atoms in total. The fourth-order valence-corrected chi connectivity index (χ4v) is 8.29. The highest BCUT2D eigenvalue weighted by Gasteiger charge is 2.22.